The molecule has 0 amide bonds. The maximum atomic E-state index is 5.62. The topological polar surface area (TPSA) is 34.2 Å². The lowest BCUT2D eigenvalue weighted by atomic mass is 10.1. The molecule has 0 radical (unpaired) electrons. The van der Waals surface area contributed by atoms with Crippen molar-refractivity contribution >= 4 is 12.2 Å². The molecule has 1 heterocycles. The van der Waals surface area contributed by atoms with Gasteiger partial charge in [-0.25, -0.2) is 0 Å². The van der Waals surface area contributed by atoms with Gasteiger partial charge in [-0.3, -0.25) is 0 Å². The molecule has 0 fully saturated rings. The largest absolute Gasteiger partial charge is 0.490 e. The molecule has 0 unspecified atom stereocenters. The van der Waals surface area contributed by atoms with Crippen LogP contribution in [0.2, 0.25) is 0 Å². The van der Waals surface area contributed by atoms with Crippen molar-refractivity contribution in [3.8, 4) is 22.8 Å². The van der Waals surface area contributed by atoms with Gasteiger partial charge in [0.05, 0.1) is 13.2 Å². The van der Waals surface area contributed by atoms with Crippen molar-refractivity contribution in [2.75, 3.05) is 13.2 Å². The normalized spacial score (nSPS) is 10.2. The minimum atomic E-state index is 0.605. The second kappa shape index (κ2) is 6.38. The first-order chi connectivity index (χ1) is 9.24. The molecule has 0 aliphatic carbocycles. The molecule has 1 N–H and O–H groups in total. The van der Waals surface area contributed by atoms with Crippen LogP contribution in [0.1, 0.15) is 13.8 Å². The molecule has 1 aromatic carbocycles. The summed E-state index contributed by atoms with van der Waals surface area (Å²) in [4.78, 5) is 3.18. The minimum absolute atomic E-state index is 0.605. The van der Waals surface area contributed by atoms with Crippen LogP contribution in [-0.2, 0) is 0 Å². The Morgan fingerprint density at radius 2 is 1.74 bits per heavy atom. The fraction of sp³-hybridized carbons (Fsp3) is 0.267. The van der Waals surface area contributed by atoms with Gasteiger partial charge in [0.25, 0.3) is 0 Å². The van der Waals surface area contributed by atoms with E-state index < -0.39 is 0 Å². The van der Waals surface area contributed by atoms with Gasteiger partial charge in [-0.1, -0.05) is 12.2 Å². The van der Waals surface area contributed by atoms with Crippen LogP contribution in [-0.4, -0.2) is 18.2 Å². The number of rotatable bonds is 5. The highest BCUT2D eigenvalue weighted by Crippen LogP contribution is 2.32. The Bertz CT molecular complexity index is 607. The molecule has 0 aliphatic heterocycles. The lowest BCUT2D eigenvalue weighted by Crippen LogP contribution is -1.98. The number of aromatic amines is 1. The van der Waals surface area contributed by atoms with Crippen LogP contribution in [0.15, 0.2) is 36.5 Å². The van der Waals surface area contributed by atoms with Crippen LogP contribution in [0.3, 0.4) is 0 Å². The molecular weight excluding hydrogens is 258 g/mol. The molecule has 0 bridgehead atoms. The fourth-order valence-corrected chi connectivity index (χ4v) is 2.02. The van der Waals surface area contributed by atoms with Crippen LogP contribution in [0, 0.1) is 4.51 Å². The zero-order chi connectivity index (χ0) is 13.7. The minimum Gasteiger partial charge on any atom is -0.490 e. The van der Waals surface area contributed by atoms with Crippen molar-refractivity contribution in [3.05, 3.63) is 41.0 Å². The van der Waals surface area contributed by atoms with E-state index in [2.05, 4.69) is 4.98 Å². The van der Waals surface area contributed by atoms with Gasteiger partial charge in [-0.05, 0) is 44.2 Å². The van der Waals surface area contributed by atoms with E-state index in [4.69, 9.17) is 21.7 Å². The van der Waals surface area contributed by atoms with Crippen LogP contribution in [0.4, 0.5) is 0 Å². The third-order valence-electron chi connectivity index (χ3n) is 2.63. The molecule has 0 saturated heterocycles. The van der Waals surface area contributed by atoms with E-state index in [0.717, 1.165) is 27.3 Å². The summed E-state index contributed by atoms with van der Waals surface area (Å²) in [7, 11) is 0. The van der Waals surface area contributed by atoms with Crippen LogP contribution < -0.4 is 9.47 Å². The number of hydrogen-bond acceptors (Lipinski definition) is 3. The molecule has 1 aromatic heterocycles. The van der Waals surface area contributed by atoms with E-state index in [-0.39, 0.29) is 0 Å². The molecule has 3 nitrogen and oxygen atoms in total. The van der Waals surface area contributed by atoms with Crippen molar-refractivity contribution in [3.63, 3.8) is 0 Å². The third kappa shape index (κ3) is 3.35. The van der Waals surface area contributed by atoms with Gasteiger partial charge < -0.3 is 14.5 Å². The van der Waals surface area contributed by atoms with E-state index in [1.807, 2.05) is 50.4 Å². The summed E-state index contributed by atoms with van der Waals surface area (Å²) in [5.41, 5.74) is 2.00. The molecule has 2 aromatic rings. The molecule has 0 spiro atoms. The van der Waals surface area contributed by atoms with Crippen LogP contribution >= 0.6 is 12.2 Å². The summed E-state index contributed by atoms with van der Waals surface area (Å²) in [5.74, 6) is 1.52. The summed E-state index contributed by atoms with van der Waals surface area (Å²) < 4.78 is 12.0. The number of pyridine rings is 1. The highest BCUT2D eigenvalue weighted by atomic mass is 32.1. The first-order valence-corrected chi connectivity index (χ1v) is 6.74. The van der Waals surface area contributed by atoms with Crippen LogP contribution in [0.25, 0.3) is 11.3 Å². The number of ether oxygens (including phenoxy) is 2. The number of nitrogens with one attached hydrogen (secondary N) is 1. The van der Waals surface area contributed by atoms with Crippen molar-refractivity contribution in [1.29, 1.82) is 0 Å². The monoisotopic (exact) mass is 275 g/mol. The zero-order valence-corrected chi connectivity index (χ0v) is 11.9. The van der Waals surface area contributed by atoms with E-state index in [0.29, 0.717) is 13.2 Å². The Morgan fingerprint density at radius 1 is 1.00 bits per heavy atom. The van der Waals surface area contributed by atoms with Gasteiger partial charge in [0.2, 0.25) is 0 Å². The molecule has 4 heteroatoms. The maximum Gasteiger partial charge on any atom is 0.161 e. The molecule has 0 aliphatic rings. The highest BCUT2D eigenvalue weighted by molar-refractivity contribution is 7.71. The average molecular weight is 275 g/mol. The van der Waals surface area contributed by atoms with Crippen LogP contribution in [0.5, 0.6) is 11.5 Å². The maximum absolute atomic E-state index is 5.62. The molecule has 2 rings (SSSR count). The van der Waals surface area contributed by atoms with Gasteiger partial charge in [0.1, 0.15) is 0 Å². The van der Waals surface area contributed by atoms with E-state index in [9.17, 15) is 0 Å². The lowest BCUT2D eigenvalue weighted by molar-refractivity contribution is 0.288. The summed E-state index contributed by atoms with van der Waals surface area (Å²) in [5, 5.41) is 0. The molecule has 0 saturated carbocycles. The predicted molar refractivity (Wildman–Crippen MR) is 79.4 cm³/mol. The molecule has 0 atom stereocenters. The second-order valence-electron chi connectivity index (χ2n) is 3.97. The number of benzene rings is 1. The third-order valence-corrected chi connectivity index (χ3v) is 2.88. The van der Waals surface area contributed by atoms with Crippen molar-refractivity contribution in [2.45, 2.75) is 13.8 Å². The summed E-state index contributed by atoms with van der Waals surface area (Å²) >= 11 is 5.18. The number of hydrogen-bond donors (Lipinski definition) is 1. The smallest absolute Gasteiger partial charge is 0.161 e. The second-order valence-corrected chi connectivity index (χ2v) is 4.44. The van der Waals surface area contributed by atoms with Gasteiger partial charge in [-0.15, -0.1) is 0 Å². The quantitative estimate of drug-likeness (QED) is 0.830. The first kappa shape index (κ1) is 13.6. The SMILES string of the molecule is CCOc1ccc(-c2cc(=S)cc[nH]2)cc1OCC. The Labute approximate surface area is 118 Å². The van der Waals surface area contributed by atoms with Gasteiger partial charge in [0.15, 0.2) is 11.5 Å². The highest BCUT2D eigenvalue weighted by Gasteiger charge is 2.07. The van der Waals surface area contributed by atoms with Gasteiger partial charge in [0, 0.05) is 22.0 Å². The Hall–Kier alpha value is -1.81. The standard InChI is InChI=1S/C15H17NO2S/c1-3-17-14-6-5-11(9-15(14)18-4-2)13-10-12(19)7-8-16-13/h5-10H,3-4H2,1-2H3,(H,16,19). The average Bonchev–Trinajstić information content (AvgIpc) is 2.41. The van der Waals surface area contributed by atoms with E-state index in [1.54, 1.807) is 0 Å². The summed E-state index contributed by atoms with van der Waals surface area (Å²) in [6, 6.07) is 9.68. The Kier molecular flexibility index (Phi) is 4.58. The molecule has 19 heavy (non-hydrogen) atoms. The Balaban J connectivity index is 2.42. The first-order valence-electron chi connectivity index (χ1n) is 6.33. The van der Waals surface area contributed by atoms with Crippen molar-refractivity contribution in [1.82, 2.24) is 4.98 Å². The van der Waals surface area contributed by atoms with Crippen molar-refractivity contribution < 1.29 is 9.47 Å². The molecule has 100 valence electrons. The summed E-state index contributed by atoms with van der Waals surface area (Å²) in [6.45, 7) is 5.14. The predicted octanol–water partition coefficient (Wildman–Crippen LogP) is 4.21. The Morgan fingerprint density at radius 3 is 2.42 bits per heavy atom. The fourth-order valence-electron chi connectivity index (χ4n) is 1.83. The number of H-pyrrole nitrogens is 1. The van der Waals surface area contributed by atoms with E-state index in [1.165, 1.54) is 0 Å². The lowest BCUT2D eigenvalue weighted by Gasteiger charge is -2.12. The van der Waals surface area contributed by atoms with Crippen molar-refractivity contribution in [2.24, 2.45) is 0 Å². The van der Waals surface area contributed by atoms with Gasteiger partial charge >= 0.3 is 0 Å². The number of aromatic nitrogens is 1. The molecular formula is C15H17NO2S. The summed E-state index contributed by atoms with van der Waals surface area (Å²) in [6.07, 6.45) is 1.84. The zero-order valence-electron chi connectivity index (χ0n) is 11.1. The van der Waals surface area contributed by atoms with Gasteiger partial charge in [-0.2, -0.15) is 0 Å². The van der Waals surface area contributed by atoms with E-state index >= 15 is 0 Å².